The van der Waals surface area contributed by atoms with Crippen LogP contribution >= 0.6 is 0 Å². The highest BCUT2D eigenvalue weighted by atomic mass is 16.5. The predicted octanol–water partition coefficient (Wildman–Crippen LogP) is 2.22. The zero-order valence-electron chi connectivity index (χ0n) is 11.2. The molecule has 5 heteroatoms. The molecule has 0 fully saturated rings. The van der Waals surface area contributed by atoms with Gasteiger partial charge in [0.05, 0.1) is 19.3 Å². The number of ether oxygens (including phenoxy) is 1. The summed E-state index contributed by atoms with van der Waals surface area (Å²) in [5.74, 6) is 1.36. The first-order chi connectivity index (χ1) is 9.10. The Balaban J connectivity index is 2.03. The number of imidazole rings is 1. The van der Waals surface area contributed by atoms with Gasteiger partial charge in [-0.05, 0) is 31.5 Å². The minimum atomic E-state index is -0.163. The van der Waals surface area contributed by atoms with E-state index in [1.807, 2.05) is 38.1 Å². The van der Waals surface area contributed by atoms with Gasteiger partial charge in [-0.3, -0.25) is 4.79 Å². The number of aromatic amines is 1. The summed E-state index contributed by atoms with van der Waals surface area (Å²) in [5, 5.41) is 2.91. The van der Waals surface area contributed by atoms with Crippen LogP contribution in [0.4, 0.5) is 0 Å². The van der Waals surface area contributed by atoms with Crippen LogP contribution in [0.3, 0.4) is 0 Å². The van der Waals surface area contributed by atoms with Gasteiger partial charge in [-0.1, -0.05) is 12.1 Å². The average molecular weight is 259 g/mol. The van der Waals surface area contributed by atoms with Crippen molar-refractivity contribution in [1.29, 1.82) is 0 Å². The van der Waals surface area contributed by atoms with Crippen molar-refractivity contribution in [2.75, 3.05) is 7.11 Å². The number of H-pyrrole nitrogens is 1. The summed E-state index contributed by atoms with van der Waals surface area (Å²) >= 11 is 0. The van der Waals surface area contributed by atoms with Crippen LogP contribution < -0.4 is 10.1 Å². The maximum atomic E-state index is 12.0. The van der Waals surface area contributed by atoms with Gasteiger partial charge in [-0.25, -0.2) is 4.98 Å². The first-order valence-corrected chi connectivity index (χ1v) is 6.06. The third kappa shape index (κ3) is 3.13. The number of nitrogens with zero attached hydrogens (tertiary/aromatic N) is 1. The zero-order chi connectivity index (χ0) is 13.8. The maximum Gasteiger partial charge on any atom is 0.269 e. The monoisotopic (exact) mass is 259 g/mol. The maximum absolute atomic E-state index is 12.0. The van der Waals surface area contributed by atoms with Crippen LogP contribution in [0.2, 0.25) is 0 Å². The predicted molar refractivity (Wildman–Crippen MR) is 72.2 cm³/mol. The van der Waals surface area contributed by atoms with Crippen molar-refractivity contribution in [3.63, 3.8) is 0 Å². The summed E-state index contributed by atoms with van der Waals surface area (Å²) < 4.78 is 5.10. The number of hydrogen-bond acceptors (Lipinski definition) is 3. The molecular formula is C14H17N3O2. The highest BCUT2D eigenvalue weighted by molar-refractivity contribution is 5.92. The Labute approximate surface area is 112 Å². The molecule has 0 spiro atoms. The van der Waals surface area contributed by atoms with E-state index in [-0.39, 0.29) is 11.9 Å². The molecule has 0 saturated heterocycles. The molecule has 2 rings (SSSR count). The van der Waals surface area contributed by atoms with Crippen LogP contribution in [-0.4, -0.2) is 23.0 Å². The molecule has 1 atom stereocenters. The number of methoxy groups -OCH3 is 1. The molecule has 1 amide bonds. The highest BCUT2D eigenvalue weighted by Crippen LogP contribution is 2.17. The van der Waals surface area contributed by atoms with Crippen molar-refractivity contribution >= 4 is 5.91 Å². The molecule has 1 heterocycles. The van der Waals surface area contributed by atoms with Crippen LogP contribution in [0.15, 0.2) is 30.5 Å². The van der Waals surface area contributed by atoms with Crippen molar-refractivity contribution in [2.45, 2.75) is 19.9 Å². The number of rotatable bonds is 4. The lowest BCUT2D eigenvalue weighted by molar-refractivity contribution is 0.0935. The molecule has 19 heavy (non-hydrogen) atoms. The van der Waals surface area contributed by atoms with Crippen LogP contribution in [0, 0.1) is 6.92 Å². The Morgan fingerprint density at radius 2 is 2.05 bits per heavy atom. The smallest absolute Gasteiger partial charge is 0.269 e. The topological polar surface area (TPSA) is 67.0 Å². The minimum absolute atomic E-state index is 0.0815. The number of aryl methyl sites for hydroxylation is 1. The first-order valence-electron chi connectivity index (χ1n) is 6.06. The van der Waals surface area contributed by atoms with Crippen LogP contribution in [-0.2, 0) is 0 Å². The van der Waals surface area contributed by atoms with Crippen LogP contribution in [0.25, 0.3) is 0 Å². The Kier molecular flexibility index (Phi) is 3.85. The van der Waals surface area contributed by atoms with Crippen molar-refractivity contribution < 1.29 is 9.53 Å². The molecule has 100 valence electrons. The van der Waals surface area contributed by atoms with Crippen molar-refractivity contribution in [3.05, 3.63) is 47.5 Å². The molecule has 0 aliphatic heterocycles. The number of amides is 1. The van der Waals surface area contributed by atoms with E-state index in [2.05, 4.69) is 15.3 Å². The Hall–Kier alpha value is -2.30. The third-order valence-electron chi connectivity index (χ3n) is 2.91. The molecule has 2 aromatic rings. The van der Waals surface area contributed by atoms with Gasteiger partial charge in [-0.2, -0.15) is 0 Å². The SMILES string of the molecule is COc1ccc(C(C)NC(=O)c2cnc(C)[nH]2)cc1. The molecule has 1 aromatic heterocycles. The van der Waals surface area contributed by atoms with E-state index >= 15 is 0 Å². The van der Waals surface area contributed by atoms with Gasteiger partial charge in [-0.15, -0.1) is 0 Å². The second kappa shape index (κ2) is 5.56. The molecule has 0 saturated carbocycles. The third-order valence-corrected chi connectivity index (χ3v) is 2.91. The number of nitrogens with one attached hydrogen (secondary N) is 2. The van der Waals surface area contributed by atoms with Crippen molar-refractivity contribution in [2.24, 2.45) is 0 Å². The second-order valence-corrected chi connectivity index (χ2v) is 4.35. The first kappa shape index (κ1) is 13.1. The fraction of sp³-hybridized carbons (Fsp3) is 0.286. The number of aromatic nitrogens is 2. The summed E-state index contributed by atoms with van der Waals surface area (Å²) in [4.78, 5) is 18.9. The molecule has 0 aliphatic rings. The number of carbonyl (C=O) groups is 1. The molecule has 0 aliphatic carbocycles. The van der Waals surface area contributed by atoms with Crippen LogP contribution in [0.1, 0.15) is 34.8 Å². The van der Waals surface area contributed by atoms with E-state index in [4.69, 9.17) is 4.74 Å². The van der Waals surface area contributed by atoms with Crippen molar-refractivity contribution in [1.82, 2.24) is 15.3 Å². The lowest BCUT2D eigenvalue weighted by Crippen LogP contribution is -2.26. The van der Waals surface area contributed by atoms with Gasteiger partial charge < -0.3 is 15.0 Å². The number of benzene rings is 1. The number of carbonyl (C=O) groups excluding carboxylic acids is 1. The minimum Gasteiger partial charge on any atom is -0.497 e. The zero-order valence-corrected chi connectivity index (χ0v) is 11.2. The Morgan fingerprint density at radius 3 is 2.58 bits per heavy atom. The van der Waals surface area contributed by atoms with E-state index < -0.39 is 0 Å². The van der Waals surface area contributed by atoms with Crippen LogP contribution in [0.5, 0.6) is 5.75 Å². The van der Waals surface area contributed by atoms with Gasteiger partial charge in [0.2, 0.25) is 0 Å². The molecule has 1 aromatic carbocycles. The van der Waals surface area contributed by atoms with Gasteiger partial charge in [0.1, 0.15) is 17.3 Å². The Morgan fingerprint density at radius 1 is 1.37 bits per heavy atom. The fourth-order valence-electron chi connectivity index (χ4n) is 1.79. The highest BCUT2D eigenvalue weighted by Gasteiger charge is 2.13. The molecule has 0 bridgehead atoms. The van der Waals surface area contributed by atoms with E-state index in [1.54, 1.807) is 7.11 Å². The largest absolute Gasteiger partial charge is 0.497 e. The molecular weight excluding hydrogens is 242 g/mol. The lowest BCUT2D eigenvalue weighted by atomic mass is 10.1. The summed E-state index contributed by atoms with van der Waals surface area (Å²) in [5.41, 5.74) is 1.49. The molecule has 1 unspecified atom stereocenters. The Bertz CT molecular complexity index is 560. The van der Waals surface area contributed by atoms with E-state index in [9.17, 15) is 4.79 Å². The number of hydrogen-bond donors (Lipinski definition) is 2. The van der Waals surface area contributed by atoms with E-state index in [0.717, 1.165) is 17.1 Å². The summed E-state index contributed by atoms with van der Waals surface area (Å²) in [6, 6.07) is 7.53. The quantitative estimate of drug-likeness (QED) is 0.884. The summed E-state index contributed by atoms with van der Waals surface area (Å²) in [6.45, 7) is 3.74. The molecule has 2 N–H and O–H groups in total. The summed E-state index contributed by atoms with van der Waals surface area (Å²) in [7, 11) is 1.63. The average Bonchev–Trinajstić information content (AvgIpc) is 2.85. The van der Waals surface area contributed by atoms with Gasteiger partial charge in [0.15, 0.2) is 0 Å². The fourth-order valence-corrected chi connectivity index (χ4v) is 1.79. The lowest BCUT2D eigenvalue weighted by Gasteiger charge is -2.14. The second-order valence-electron chi connectivity index (χ2n) is 4.35. The van der Waals surface area contributed by atoms with E-state index in [1.165, 1.54) is 6.20 Å². The van der Waals surface area contributed by atoms with Crippen molar-refractivity contribution in [3.8, 4) is 5.75 Å². The van der Waals surface area contributed by atoms with Gasteiger partial charge in [0, 0.05) is 0 Å². The molecule has 5 nitrogen and oxygen atoms in total. The van der Waals surface area contributed by atoms with Gasteiger partial charge in [0.25, 0.3) is 5.91 Å². The normalized spacial score (nSPS) is 11.9. The van der Waals surface area contributed by atoms with E-state index in [0.29, 0.717) is 5.69 Å². The van der Waals surface area contributed by atoms with Gasteiger partial charge >= 0.3 is 0 Å². The standard InChI is InChI=1S/C14H17N3O2/c1-9(11-4-6-12(19-3)7-5-11)16-14(18)13-8-15-10(2)17-13/h4-9H,1-3H3,(H,15,17)(H,16,18). The summed E-state index contributed by atoms with van der Waals surface area (Å²) in [6.07, 6.45) is 1.53. The molecule has 0 radical (unpaired) electrons.